The average Bonchev–Trinajstić information content (AvgIpc) is 3.23. The number of aromatic nitrogens is 3. The summed E-state index contributed by atoms with van der Waals surface area (Å²) in [6.07, 6.45) is 5.68. The van der Waals surface area contributed by atoms with Gasteiger partial charge >= 0.3 is 6.55 Å². The van der Waals surface area contributed by atoms with Crippen molar-refractivity contribution in [3.63, 3.8) is 0 Å². The van der Waals surface area contributed by atoms with E-state index in [9.17, 15) is 13.2 Å². The molecule has 4 rings (SSSR count). The Balaban J connectivity index is 1.63. The third-order valence-electron chi connectivity index (χ3n) is 5.81. The fourth-order valence-corrected chi connectivity index (χ4v) is 4.38. The van der Waals surface area contributed by atoms with Gasteiger partial charge in [0.25, 0.3) is 0 Å². The first kappa shape index (κ1) is 23.3. The summed E-state index contributed by atoms with van der Waals surface area (Å²) >= 11 is 6.31. The van der Waals surface area contributed by atoms with Crippen molar-refractivity contribution in [3.8, 4) is 11.3 Å². The topological polar surface area (TPSA) is 30.7 Å². The molecule has 0 spiro atoms. The van der Waals surface area contributed by atoms with E-state index in [1.54, 1.807) is 18.2 Å². The summed E-state index contributed by atoms with van der Waals surface area (Å²) in [6.45, 7) is 1.53. The van der Waals surface area contributed by atoms with Crippen molar-refractivity contribution in [2.45, 2.75) is 52.5 Å². The van der Waals surface area contributed by atoms with Crippen molar-refractivity contribution in [2.24, 2.45) is 0 Å². The molecule has 7 heteroatoms. The summed E-state index contributed by atoms with van der Waals surface area (Å²) in [6, 6.07) is 12.2. The maximum Gasteiger partial charge on any atom is 0.333 e. The quantitative estimate of drug-likeness (QED) is 0.263. The highest BCUT2D eigenvalue weighted by molar-refractivity contribution is 6.35. The first-order valence-electron chi connectivity index (χ1n) is 11.1. The lowest BCUT2D eigenvalue weighted by atomic mass is 9.95. The van der Waals surface area contributed by atoms with E-state index >= 15 is 0 Å². The maximum atomic E-state index is 13.5. The van der Waals surface area contributed by atoms with Crippen LogP contribution in [0, 0.1) is 12.7 Å². The van der Waals surface area contributed by atoms with Crippen molar-refractivity contribution in [3.05, 3.63) is 81.9 Å². The van der Waals surface area contributed by atoms with Crippen molar-refractivity contribution in [2.75, 3.05) is 0 Å². The van der Waals surface area contributed by atoms with E-state index < -0.39 is 6.55 Å². The van der Waals surface area contributed by atoms with Gasteiger partial charge in [0, 0.05) is 22.8 Å². The Bertz CT molecular complexity index is 1270. The number of pyridine rings is 1. The fourth-order valence-electron chi connectivity index (χ4n) is 4.10. The number of benzene rings is 2. The predicted octanol–water partition coefficient (Wildman–Crippen LogP) is 7.72. The van der Waals surface area contributed by atoms with Gasteiger partial charge in [0.2, 0.25) is 0 Å². The number of aryl methyl sites for hydroxylation is 3. The van der Waals surface area contributed by atoms with Crippen LogP contribution in [-0.2, 0) is 19.3 Å². The van der Waals surface area contributed by atoms with Crippen LogP contribution in [0.25, 0.3) is 22.2 Å². The second-order valence-electron chi connectivity index (χ2n) is 8.27. The lowest BCUT2D eigenvalue weighted by Crippen LogP contribution is -2.03. The van der Waals surface area contributed by atoms with Gasteiger partial charge in [-0.3, -0.25) is 4.98 Å². The molecule has 4 aromatic rings. The van der Waals surface area contributed by atoms with E-state index in [0.717, 1.165) is 41.8 Å². The zero-order chi connectivity index (χ0) is 23.5. The Hall–Kier alpha value is -2.86. The Labute approximate surface area is 196 Å². The zero-order valence-corrected chi connectivity index (χ0v) is 19.3. The molecule has 0 aliphatic heterocycles. The van der Waals surface area contributed by atoms with Crippen molar-refractivity contribution in [1.82, 2.24) is 14.8 Å². The second-order valence-corrected chi connectivity index (χ2v) is 8.68. The van der Waals surface area contributed by atoms with Crippen LogP contribution in [-0.4, -0.2) is 14.8 Å². The standard InChI is InChI=1S/C26H25ClF3N3/c1-3-4-5-22-16(2)12-21(31-24(22)18-7-9-20(28)10-8-18)11-6-17-13-19-15-33(26(29)30)32-25(19)23(27)14-17/h7-10,12-15,26H,3-6,11H2,1-2H3. The smallest absolute Gasteiger partial charge is 0.253 e. The highest BCUT2D eigenvalue weighted by Gasteiger charge is 2.15. The molecule has 0 saturated heterocycles. The van der Waals surface area contributed by atoms with E-state index in [-0.39, 0.29) is 5.82 Å². The molecule has 2 aromatic heterocycles. The number of halogens is 4. The van der Waals surface area contributed by atoms with Crippen LogP contribution in [0.15, 0.2) is 48.7 Å². The largest absolute Gasteiger partial charge is 0.333 e. The van der Waals surface area contributed by atoms with Crippen LogP contribution in [0.3, 0.4) is 0 Å². The van der Waals surface area contributed by atoms with E-state index in [1.165, 1.54) is 29.5 Å². The normalized spacial score (nSPS) is 11.6. The molecular weight excluding hydrogens is 447 g/mol. The molecule has 2 heterocycles. The lowest BCUT2D eigenvalue weighted by molar-refractivity contribution is 0.0574. The van der Waals surface area contributed by atoms with E-state index in [1.807, 2.05) is 6.07 Å². The first-order valence-corrected chi connectivity index (χ1v) is 11.4. The number of rotatable bonds is 8. The van der Waals surface area contributed by atoms with Gasteiger partial charge in [-0.1, -0.05) is 24.9 Å². The Morgan fingerprint density at radius 2 is 1.79 bits per heavy atom. The summed E-state index contributed by atoms with van der Waals surface area (Å²) in [4.78, 5) is 4.94. The van der Waals surface area contributed by atoms with Gasteiger partial charge in [0.1, 0.15) is 11.3 Å². The van der Waals surface area contributed by atoms with Crippen LogP contribution in [0.2, 0.25) is 5.02 Å². The van der Waals surface area contributed by atoms with Gasteiger partial charge in [-0.25, -0.2) is 9.07 Å². The molecular formula is C26H25ClF3N3. The number of fused-ring (bicyclic) bond motifs is 1. The summed E-state index contributed by atoms with van der Waals surface area (Å²) in [5.41, 5.74) is 6.37. The molecule has 0 aliphatic rings. The molecule has 0 radical (unpaired) electrons. The van der Waals surface area contributed by atoms with Gasteiger partial charge in [-0.2, -0.15) is 13.9 Å². The molecule has 0 N–H and O–H groups in total. The van der Waals surface area contributed by atoms with E-state index in [4.69, 9.17) is 16.6 Å². The van der Waals surface area contributed by atoms with Crippen LogP contribution in [0.4, 0.5) is 13.2 Å². The summed E-state index contributed by atoms with van der Waals surface area (Å²) in [7, 11) is 0. The number of hydrogen-bond acceptors (Lipinski definition) is 2. The van der Waals surface area contributed by atoms with Gasteiger partial charge in [-0.15, -0.1) is 0 Å². The molecule has 0 atom stereocenters. The molecule has 0 bridgehead atoms. The van der Waals surface area contributed by atoms with Crippen LogP contribution >= 0.6 is 11.6 Å². The van der Waals surface area contributed by atoms with Crippen LogP contribution in [0.5, 0.6) is 0 Å². The molecule has 3 nitrogen and oxygen atoms in total. The number of hydrogen-bond donors (Lipinski definition) is 0. The van der Waals surface area contributed by atoms with Crippen LogP contribution in [0.1, 0.15) is 48.7 Å². The Kier molecular flexibility index (Phi) is 7.03. The first-order chi connectivity index (χ1) is 15.9. The van der Waals surface area contributed by atoms with Gasteiger partial charge in [0.15, 0.2) is 0 Å². The molecule has 2 aromatic carbocycles. The van der Waals surface area contributed by atoms with Crippen LogP contribution < -0.4 is 0 Å². The fraction of sp³-hybridized carbons (Fsp3) is 0.308. The monoisotopic (exact) mass is 471 g/mol. The Morgan fingerprint density at radius 1 is 1.03 bits per heavy atom. The molecule has 0 aliphatic carbocycles. The minimum Gasteiger partial charge on any atom is -0.253 e. The third kappa shape index (κ3) is 5.22. The number of alkyl halides is 2. The molecule has 0 fully saturated rings. The number of nitrogens with zero attached hydrogens (tertiary/aromatic N) is 3. The van der Waals surface area contributed by atoms with Gasteiger partial charge < -0.3 is 0 Å². The lowest BCUT2D eigenvalue weighted by Gasteiger charge is -2.15. The highest BCUT2D eigenvalue weighted by Crippen LogP contribution is 2.29. The van der Waals surface area contributed by atoms with Gasteiger partial charge in [-0.05, 0) is 91.8 Å². The summed E-state index contributed by atoms with van der Waals surface area (Å²) in [5.74, 6) is -0.274. The SMILES string of the molecule is CCCCc1c(C)cc(CCc2cc(Cl)c3nn(C(F)F)cc3c2)nc1-c1ccc(F)cc1. The third-order valence-corrected chi connectivity index (χ3v) is 6.10. The van der Waals surface area contributed by atoms with E-state index in [2.05, 4.69) is 25.0 Å². The molecule has 33 heavy (non-hydrogen) atoms. The van der Waals surface area contributed by atoms with Crippen molar-refractivity contribution in [1.29, 1.82) is 0 Å². The highest BCUT2D eigenvalue weighted by atomic mass is 35.5. The average molecular weight is 472 g/mol. The Morgan fingerprint density at radius 3 is 2.48 bits per heavy atom. The molecule has 0 unspecified atom stereocenters. The summed E-state index contributed by atoms with van der Waals surface area (Å²) in [5, 5.41) is 4.81. The minimum absolute atomic E-state index is 0.274. The predicted molar refractivity (Wildman–Crippen MR) is 126 cm³/mol. The van der Waals surface area contributed by atoms with E-state index in [0.29, 0.717) is 33.4 Å². The molecule has 172 valence electrons. The maximum absolute atomic E-state index is 13.5. The zero-order valence-electron chi connectivity index (χ0n) is 18.6. The second kappa shape index (κ2) is 9.96. The number of unbranched alkanes of at least 4 members (excludes halogenated alkanes) is 1. The summed E-state index contributed by atoms with van der Waals surface area (Å²) < 4.78 is 40.1. The van der Waals surface area contributed by atoms with Crippen molar-refractivity contribution < 1.29 is 13.2 Å². The minimum atomic E-state index is -2.71. The van der Waals surface area contributed by atoms with Crippen molar-refractivity contribution >= 4 is 22.5 Å². The molecule has 0 amide bonds. The molecule has 0 saturated carbocycles. The van der Waals surface area contributed by atoms with Gasteiger partial charge in [0.05, 0.1) is 10.7 Å².